The maximum Gasteiger partial charge on any atom is 0.242 e. The number of nitrogens with one attached hydrogen (secondary N) is 1. The zero-order valence-electron chi connectivity index (χ0n) is 16.6. The molecular formula is C23H30N2O2. The minimum absolute atomic E-state index is 0.0216. The van der Waals surface area contributed by atoms with E-state index in [4.69, 9.17) is 0 Å². The van der Waals surface area contributed by atoms with Gasteiger partial charge in [0.15, 0.2) is 0 Å². The molecule has 0 bridgehead atoms. The number of rotatable bonds is 9. The predicted octanol–water partition coefficient (Wildman–Crippen LogP) is 3.87. The van der Waals surface area contributed by atoms with E-state index in [-0.39, 0.29) is 11.8 Å². The molecule has 0 saturated carbocycles. The van der Waals surface area contributed by atoms with Crippen molar-refractivity contribution >= 4 is 11.8 Å². The predicted molar refractivity (Wildman–Crippen MR) is 109 cm³/mol. The number of aryl methyl sites for hydroxylation is 1. The number of amides is 2. The minimum atomic E-state index is -0.465. The van der Waals surface area contributed by atoms with Crippen LogP contribution in [0.3, 0.4) is 0 Å². The van der Waals surface area contributed by atoms with Gasteiger partial charge in [-0.15, -0.1) is 0 Å². The van der Waals surface area contributed by atoms with Gasteiger partial charge in [0.2, 0.25) is 11.8 Å². The lowest BCUT2D eigenvalue weighted by atomic mass is 10.0. The molecule has 1 atom stereocenters. The van der Waals surface area contributed by atoms with Gasteiger partial charge in [-0.3, -0.25) is 9.59 Å². The van der Waals surface area contributed by atoms with Crippen LogP contribution < -0.4 is 5.32 Å². The van der Waals surface area contributed by atoms with Crippen LogP contribution in [0.15, 0.2) is 54.6 Å². The van der Waals surface area contributed by atoms with Crippen molar-refractivity contribution in [1.29, 1.82) is 0 Å². The first-order valence-electron chi connectivity index (χ1n) is 9.72. The third kappa shape index (κ3) is 5.95. The molecule has 1 N–H and O–H groups in total. The average Bonchev–Trinajstić information content (AvgIpc) is 2.68. The first-order chi connectivity index (χ1) is 13.1. The average molecular weight is 367 g/mol. The molecule has 2 aromatic rings. The molecule has 0 aliphatic rings. The van der Waals surface area contributed by atoms with Crippen LogP contribution in [0.25, 0.3) is 0 Å². The molecule has 144 valence electrons. The Morgan fingerprint density at radius 3 is 2.30 bits per heavy atom. The maximum absolute atomic E-state index is 13.2. The molecule has 0 fully saturated rings. The summed E-state index contributed by atoms with van der Waals surface area (Å²) >= 11 is 0. The molecule has 0 aliphatic carbocycles. The summed E-state index contributed by atoms with van der Waals surface area (Å²) < 4.78 is 0. The summed E-state index contributed by atoms with van der Waals surface area (Å²) in [4.78, 5) is 27.6. The van der Waals surface area contributed by atoms with E-state index in [1.54, 1.807) is 4.90 Å². The smallest absolute Gasteiger partial charge is 0.242 e. The summed E-state index contributed by atoms with van der Waals surface area (Å²) in [6.45, 7) is 7.04. The van der Waals surface area contributed by atoms with Crippen LogP contribution >= 0.6 is 0 Å². The SMILES string of the molecule is CCCNC(=O)C(CC)N(Cc1ccccc1)C(=O)Cc1ccccc1C. The number of hydrogen-bond acceptors (Lipinski definition) is 2. The summed E-state index contributed by atoms with van der Waals surface area (Å²) in [6, 6.07) is 17.3. The van der Waals surface area contributed by atoms with Gasteiger partial charge >= 0.3 is 0 Å². The van der Waals surface area contributed by atoms with Crippen LogP contribution in [0.2, 0.25) is 0 Å². The van der Waals surface area contributed by atoms with E-state index in [0.717, 1.165) is 23.1 Å². The topological polar surface area (TPSA) is 49.4 Å². The summed E-state index contributed by atoms with van der Waals surface area (Å²) in [5.41, 5.74) is 3.12. The highest BCUT2D eigenvalue weighted by molar-refractivity contribution is 5.88. The Kier molecular flexibility index (Phi) is 8.05. The Morgan fingerprint density at radius 2 is 1.67 bits per heavy atom. The monoisotopic (exact) mass is 366 g/mol. The molecule has 2 amide bonds. The van der Waals surface area contributed by atoms with Crippen LogP contribution in [0.1, 0.15) is 43.4 Å². The fourth-order valence-corrected chi connectivity index (χ4v) is 3.14. The highest BCUT2D eigenvalue weighted by atomic mass is 16.2. The van der Waals surface area contributed by atoms with Gasteiger partial charge in [-0.05, 0) is 36.5 Å². The third-order valence-corrected chi connectivity index (χ3v) is 4.73. The van der Waals surface area contributed by atoms with Crippen LogP contribution in [-0.4, -0.2) is 29.3 Å². The van der Waals surface area contributed by atoms with E-state index in [1.165, 1.54) is 0 Å². The molecule has 2 rings (SSSR count). The highest BCUT2D eigenvalue weighted by Crippen LogP contribution is 2.16. The van der Waals surface area contributed by atoms with Crippen molar-refractivity contribution in [3.8, 4) is 0 Å². The van der Waals surface area contributed by atoms with E-state index in [2.05, 4.69) is 5.32 Å². The molecule has 0 radical (unpaired) electrons. The van der Waals surface area contributed by atoms with Gasteiger partial charge in [0.1, 0.15) is 6.04 Å². The second kappa shape index (κ2) is 10.5. The van der Waals surface area contributed by atoms with Crippen molar-refractivity contribution in [1.82, 2.24) is 10.2 Å². The van der Waals surface area contributed by atoms with E-state index >= 15 is 0 Å². The second-order valence-electron chi connectivity index (χ2n) is 6.83. The molecule has 0 saturated heterocycles. The normalized spacial score (nSPS) is 11.7. The van der Waals surface area contributed by atoms with Crippen LogP contribution in [-0.2, 0) is 22.6 Å². The van der Waals surface area contributed by atoms with Gasteiger partial charge < -0.3 is 10.2 Å². The van der Waals surface area contributed by atoms with Gasteiger partial charge in [0, 0.05) is 13.1 Å². The Bertz CT molecular complexity index is 743. The van der Waals surface area contributed by atoms with Crippen LogP contribution in [0.5, 0.6) is 0 Å². The number of hydrogen-bond donors (Lipinski definition) is 1. The zero-order valence-corrected chi connectivity index (χ0v) is 16.6. The molecular weight excluding hydrogens is 336 g/mol. The summed E-state index contributed by atoms with van der Waals surface area (Å²) in [5, 5.41) is 2.95. The van der Waals surface area contributed by atoms with Gasteiger partial charge in [-0.1, -0.05) is 68.4 Å². The minimum Gasteiger partial charge on any atom is -0.354 e. The van der Waals surface area contributed by atoms with Crippen molar-refractivity contribution in [3.63, 3.8) is 0 Å². The molecule has 4 nitrogen and oxygen atoms in total. The molecule has 0 aliphatic heterocycles. The fraction of sp³-hybridized carbons (Fsp3) is 0.391. The maximum atomic E-state index is 13.2. The van der Waals surface area contributed by atoms with Crippen molar-refractivity contribution in [2.24, 2.45) is 0 Å². The van der Waals surface area contributed by atoms with Crippen molar-refractivity contribution < 1.29 is 9.59 Å². The lowest BCUT2D eigenvalue weighted by Gasteiger charge is -2.31. The zero-order chi connectivity index (χ0) is 19.6. The lowest BCUT2D eigenvalue weighted by molar-refractivity contribution is -0.140. The molecule has 0 aromatic heterocycles. The largest absolute Gasteiger partial charge is 0.354 e. The van der Waals surface area contributed by atoms with Crippen molar-refractivity contribution in [2.45, 2.75) is 52.6 Å². The Labute approximate surface area is 162 Å². The standard InChI is InChI=1S/C23H30N2O2/c1-4-15-24-23(27)21(5-2)25(17-19-12-7-6-8-13-19)22(26)16-20-14-10-9-11-18(20)3/h6-14,21H,4-5,15-17H2,1-3H3,(H,24,27). The second-order valence-corrected chi connectivity index (χ2v) is 6.83. The molecule has 4 heteroatoms. The van der Waals surface area contributed by atoms with Crippen LogP contribution in [0.4, 0.5) is 0 Å². The number of nitrogens with zero attached hydrogens (tertiary/aromatic N) is 1. The summed E-state index contributed by atoms with van der Waals surface area (Å²) in [7, 11) is 0. The van der Waals surface area contributed by atoms with Crippen LogP contribution in [0, 0.1) is 6.92 Å². The van der Waals surface area contributed by atoms with E-state index < -0.39 is 6.04 Å². The van der Waals surface area contributed by atoms with Crippen molar-refractivity contribution in [3.05, 3.63) is 71.3 Å². The fourth-order valence-electron chi connectivity index (χ4n) is 3.14. The molecule has 1 unspecified atom stereocenters. The number of carbonyl (C=O) groups excluding carboxylic acids is 2. The van der Waals surface area contributed by atoms with Gasteiger partial charge in [0.25, 0.3) is 0 Å². The van der Waals surface area contributed by atoms with Crippen molar-refractivity contribution in [2.75, 3.05) is 6.54 Å². The highest BCUT2D eigenvalue weighted by Gasteiger charge is 2.28. The summed E-state index contributed by atoms with van der Waals surface area (Å²) in [6.07, 6.45) is 1.76. The molecule has 0 spiro atoms. The van der Waals surface area contributed by atoms with E-state index in [0.29, 0.717) is 25.9 Å². The Morgan fingerprint density at radius 1 is 1.00 bits per heavy atom. The Balaban J connectivity index is 2.25. The van der Waals surface area contributed by atoms with Gasteiger partial charge in [-0.2, -0.15) is 0 Å². The summed E-state index contributed by atoms with van der Waals surface area (Å²) in [5.74, 6) is -0.0972. The molecule has 2 aromatic carbocycles. The third-order valence-electron chi connectivity index (χ3n) is 4.73. The lowest BCUT2D eigenvalue weighted by Crippen LogP contribution is -2.49. The quantitative estimate of drug-likeness (QED) is 0.732. The van der Waals surface area contributed by atoms with E-state index in [9.17, 15) is 9.59 Å². The van der Waals surface area contributed by atoms with Gasteiger partial charge in [0.05, 0.1) is 6.42 Å². The molecule has 27 heavy (non-hydrogen) atoms. The molecule has 0 heterocycles. The van der Waals surface area contributed by atoms with Gasteiger partial charge in [-0.25, -0.2) is 0 Å². The van der Waals surface area contributed by atoms with E-state index in [1.807, 2.05) is 75.4 Å². The first-order valence-corrected chi connectivity index (χ1v) is 9.72. The Hall–Kier alpha value is -2.62. The number of benzene rings is 2. The first kappa shape index (κ1) is 20.7. The number of carbonyl (C=O) groups is 2.